The first-order valence-electron chi connectivity index (χ1n) is 5.80. The van der Waals surface area contributed by atoms with Gasteiger partial charge in [0, 0.05) is 0 Å². The van der Waals surface area contributed by atoms with Crippen molar-refractivity contribution in [1.29, 1.82) is 0 Å². The highest BCUT2D eigenvalue weighted by Gasteiger charge is 2.19. The molecule has 0 N–H and O–H groups in total. The van der Waals surface area contributed by atoms with E-state index in [9.17, 15) is 10.1 Å². The summed E-state index contributed by atoms with van der Waals surface area (Å²) < 4.78 is 10.5. The monoisotopic (exact) mass is 293 g/mol. The average Bonchev–Trinajstić information content (AvgIpc) is 2.45. The maximum Gasteiger partial charge on any atom is 0.329 e. The zero-order valence-electron chi connectivity index (χ0n) is 10.7. The van der Waals surface area contributed by atoms with Crippen molar-refractivity contribution < 1.29 is 14.4 Å². The molecule has 0 amide bonds. The number of nitro benzene ring substituents is 1. The molecule has 0 saturated carbocycles. The number of nitro groups is 1. The third-order valence-corrected chi connectivity index (χ3v) is 2.99. The first-order chi connectivity index (χ1) is 9.61. The average molecular weight is 294 g/mol. The fourth-order valence-electron chi connectivity index (χ4n) is 1.67. The van der Waals surface area contributed by atoms with Gasteiger partial charge in [-0.2, -0.15) is 0 Å². The summed E-state index contributed by atoms with van der Waals surface area (Å²) in [5.41, 5.74) is 0.655. The van der Waals surface area contributed by atoms with E-state index >= 15 is 0 Å². The van der Waals surface area contributed by atoms with Crippen molar-refractivity contribution in [3.63, 3.8) is 0 Å². The highest BCUT2D eigenvalue weighted by molar-refractivity contribution is 6.32. The van der Waals surface area contributed by atoms with Crippen molar-refractivity contribution in [3.05, 3.63) is 63.2 Å². The van der Waals surface area contributed by atoms with Crippen LogP contribution in [0.1, 0.15) is 5.56 Å². The summed E-state index contributed by atoms with van der Waals surface area (Å²) in [6.07, 6.45) is 0. The van der Waals surface area contributed by atoms with Crippen LogP contribution >= 0.6 is 11.6 Å². The molecular formula is C14H12ClNO4. The van der Waals surface area contributed by atoms with E-state index in [1.807, 2.05) is 12.1 Å². The lowest BCUT2D eigenvalue weighted by molar-refractivity contribution is -0.385. The Balaban J connectivity index is 2.14. The van der Waals surface area contributed by atoms with Gasteiger partial charge >= 0.3 is 5.69 Å². The molecule has 0 aliphatic carbocycles. The number of benzene rings is 2. The molecule has 104 valence electrons. The Bertz CT molecular complexity index is 613. The van der Waals surface area contributed by atoms with Crippen LogP contribution in [0.25, 0.3) is 0 Å². The highest BCUT2D eigenvalue weighted by Crippen LogP contribution is 2.34. The largest absolute Gasteiger partial charge is 0.497 e. The minimum Gasteiger partial charge on any atom is -0.497 e. The van der Waals surface area contributed by atoms with Gasteiger partial charge in [-0.3, -0.25) is 10.1 Å². The lowest BCUT2D eigenvalue weighted by atomic mass is 10.2. The molecule has 2 aromatic carbocycles. The maximum atomic E-state index is 11.0. The van der Waals surface area contributed by atoms with Gasteiger partial charge in [-0.25, -0.2) is 0 Å². The van der Waals surface area contributed by atoms with Crippen LogP contribution in [-0.4, -0.2) is 12.0 Å². The van der Waals surface area contributed by atoms with Crippen molar-refractivity contribution >= 4 is 17.3 Å². The standard InChI is InChI=1S/C14H12ClNO4/c1-19-11-7-5-10(6-8-11)9-20-13-4-2-3-12(15)14(13)16(17)18/h2-8H,9H2,1H3. The van der Waals surface area contributed by atoms with Gasteiger partial charge in [0.1, 0.15) is 17.4 Å². The molecule has 0 aliphatic heterocycles. The quantitative estimate of drug-likeness (QED) is 0.621. The summed E-state index contributed by atoms with van der Waals surface area (Å²) >= 11 is 5.81. The van der Waals surface area contributed by atoms with Crippen molar-refractivity contribution in [2.45, 2.75) is 6.61 Å². The molecule has 6 heteroatoms. The predicted molar refractivity (Wildman–Crippen MR) is 75.4 cm³/mol. The Labute approximate surface area is 120 Å². The molecule has 20 heavy (non-hydrogen) atoms. The molecule has 0 bridgehead atoms. The van der Waals surface area contributed by atoms with E-state index in [0.717, 1.165) is 11.3 Å². The zero-order chi connectivity index (χ0) is 14.5. The lowest BCUT2D eigenvalue weighted by Gasteiger charge is -2.08. The summed E-state index contributed by atoms with van der Waals surface area (Å²) in [7, 11) is 1.58. The van der Waals surface area contributed by atoms with Crippen LogP contribution < -0.4 is 9.47 Å². The Morgan fingerprint density at radius 3 is 2.50 bits per heavy atom. The molecule has 0 unspecified atom stereocenters. The van der Waals surface area contributed by atoms with Crippen molar-refractivity contribution in [2.75, 3.05) is 7.11 Å². The summed E-state index contributed by atoms with van der Waals surface area (Å²) in [5, 5.41) is 11.0. The van der Waals surface area contributed by atoms with Gasteiger partial charge in [0.25, 0.3) is 0 Å². The number of ether oxygens (including phenoxy) is 2. The van der Waals surface area contributed by atoms with Gasteiger partial charge in [0.2, 0.25) is 0 Å². The van der Waals surface area contributed by atoms with E-state index in [1.54, 1.807) is 25.3 Å². The molecule has 5 nitrogen and oxygen atoms in total. The van der Waals surface area contributed by atoms with Crippen LogP contribution in [0.15, 0.2) is 42.5 Å². The Morgan fingerprint density at radius 2 is 1.90 bits per heavy atom. The van der Waals surface area contributed by atoms with Gasteiger partial charge in [0.15, 0.2) is 5.75 Å². The second kappa shape index (κ2) is 6.25. The van der Waals surface area contributed by atoms with Crippen molar-refractivity contribution in [1.82, 2.24) is 0 Å². The van der Waals surface area contributed by atoms with Gasteiger partial charge in [-0.15, -0.1) is 0 Å². The maximum absolute atomic E-state index is 11.0. The smallest absolute Gasteiger partial charge is 0.329 e. The van der Waals surface area contributed by atoms with E-state index in [4.69, 9.17) is 21.1 Å². The van der Waals surface area contributed by atoms with Crippen LogP contribution in [-0.2, 0) is 6.61 Å². The first-order valence-corrected chi connectivity index (χ1v) is 6.18. The molecule has 0 heterocycles. The Hall–Kier alpha value is -2.27. The Morgan fingerprint density at radius 1 is 1.20 bits per heavy atom. The van der Waals surface area contributed by atoms with Crippen LogP contribution in [0.5, 0.6) is 11.5 Å². The molecule has 0 radical (unpaired) electrons. The molecule has 2 rings (SSSR count). The van der Waals surface area contributed by atoms with Crippen LogP contribution in [0.4, 0.5) is 5.69 Å². The minimum absolute atomic E-state index is 0.0576. The SMILES string of the molecule is COc1ccc(COc2cccc(Cl)c2[N+](=O)[O-])cc1. The van der Waals surface area contributed by atoms with Crippen LogP contribution in [0.3, 0.4) is 0 Å². The Kier molecular flexibility index (Phi) is 4.42. The molecule has 0 saturated heterocycles. The van der Waals surface area contributed by atoms with Crippen LogP contribution in [0, 0.1) is 10.1 Å². The first kappa shape index (κ1) is 14.1. The number of hydrogen-bond acceptors (Lipinski definition) is 4. The number of halogens is 1. The fourth-order valence-corrected chi connectivity index (χ4v) is 1.91. The molecule has 0 atom stereocenters. The van der Waals surface area contributed by atoms with Crippen molar-refractivity contribution in [2.24, 2.45) is 0 Å². The summed E-state index contributed by atoms with van der Waals surface area (Å²) in [4.78, 5) is 10.4. The normalized spacial score (nSPS) is 10.1. The fraction of sp³-hybridized carbons (Fsp3) is 0.143. The van der Waals surface area contributed by atoms with Gasteiger partial charge in [-0.1, -0.05) is 29.8 Å². The van der Waals surface area contributed by atoms with E-state index in [2.05, 4.69) is 0 Å². The van der Waals surface area contributed by atoms with Gasteiger partial charge in [0.05, 0.1) is 12.0 Å². The van der Waals surface area contributed by atoms with E-state index < -0.39 is 4.92 Å². The second-order valence-corrected chi connectivity index (χ2v) is 4.39. The van der Waals surface area contributed by atoms with E-state index in [-0.39, 0.29) is 23.1 Å². The summed E-state index contributed by atoms with van der Waals surface area (Å²) in [5.74, 6) is 0.890. The van der Waals surface area contributed by atoms with E-state index in [1.165, 1.54) is 12.1 Å². The zero-order valence-corrected chi connectivity index (χ0v) is 11.5. The van der Waals surface area contributed by atoms with Gasteiger partial charge in [-0.05, 0) is 29.8 Å². The summed E-state index contributed by atoms with van der Waals surface area (Å²) in [6.45, 7) is 0.213. The molecule has 2 aromatic rings. The molecule has 0 fully saturated rings. The number of nitrogens with zero attached hydrogens (tertiary/aromatic N) is 1. The predicted octanol–water partition coefficient (Wildman–Crippen LogP) is 3.84. The third-order valence-electron chi connectivity index (χ3n) is 2.69. The lowest BCUT2D eigenvalue weighted by Crippen LogP contribution is -1.99. The number of para-hydroxylation sites is 1. The number of rotatable bonds is 5. The van der Waals surface area contributed by atoms with Gasteiger partial charge < -0.3 is 9.47 Å². The molecule has 0 aliphatic rings. The van der Waals surface area contributed by atoms with Crippen molar-refractivity contribution in [3.8, 4) is 11.5 Å². The third kappa shape index (κ3) is 3.19. The highest BCUT2D eigenvalue weighted by atomic mass is 35.5. The second-order valence-electron chi connectivity index (χ2n) is 3.98. The van der Waals surface area contributed by atoms with Crippen LogP contribution in [0.2, 0.25) is 5.02 Å². The number of hydrogen-bond donors (Lipinski definition) is 0. The molecule has 0 aromatic heterocycles. The minimum atomic E-state index is -0.550. The number of methoxy groups -OCH3 is 1. The molecular weight excluding hydrogens is 282 g/mol. The van der Waals surface area contributed by atoms with E-state index in [0.29, 0.717) is 0 Å². The topological polar surface area (TPSA) is 61.6 Å². The summed E-state index contributed by atoms with van der Waals surface area (Å²) in [6, 6.07) is 11.8. The molecule has 0 spiro atoms.